The van der Waals surface area contributed by atoms with Crippen molar-refractivity contribution in [1.82, 2.24) is 0 Å². The smallest absolute Gasteiger partial charge is 0.308 e. The number of amides is 3. The van der Waals surface area contributed by atoms with Crippen LogP contribution in [0.5, 0.6) is 0 Å². The molecular weight excluding hydrogens is 394 g/mol. The third kappa shape index (κ3) is 3.91. The summed E-state index contributed by atoms with van der Waals surface area (Å²) >= 11 is 1.57. The minimum absolute atomic E-state index is 0.0298. The van der Waals surface area contributed by atoms with Gasteiger partial charge in [0.05, 0.1) is 11.3 Å². The highest BCUT2D eigenvalue weighted by atomic mass is 32.2. The molecule has 0 atom stereocenters. The van der Waals surface area contributed by atoms with Crippen molar-refractivity contribution in [2.75, 3.05) is 22.1 Å². The van der Waals surface area contributed by atoms with E-state index in [1.807, 2.05) is 73.7 Å². The average molecular weight is 418 g/mol. The van der Waals surface area contributed by atoms with E-state index < -0.39 is 0 Å². The van der Waals surface area contributed by atoms with Crippen LogP contribution in [-0.4, -0.2) is 18.5 Å². The van der Waals surface area contributed by atoms with Gasteiger partial charge in [-0.15, -0.1) is 0 Å². The number of anilines is 3. The summed E-state index contributed by atoms with van der Waals surface area (Å²) in [5, 5.41) is 5.81. The Hall–Kier alpha value is -3.25. The van der Waals surface area contributed by atoms with Crippen molar-refractivity contribution in [2.24, 2.45) is 0 Å². The average Bonchev–Trinajstić information content (AvgIpc) is 2.87. The van der Waals surface area contributed by atoms with Crippen molar-refractivity contribution >= 4 is 40.8 Å². The minimum Gasteiger partial charge on any atom is -0.308 e. The van der Waals surface area contributed by atoms with Crippen molar-refractivity contribution in [2.45, 2.75) is 30.1 Å². The number of aryl methyl sites for hydroxylation is 1. The fraction of sp³-hybridized carbons (Fsp3) is 0.167. The zero-order valence-corrected chi connectivity index (χ0v) is 17.8. The zero-order chi connectivity index (χ0) is 21.1. The standard InChI is InChI=1S/C24H23N3O2S/c1-3-16-9-5-7-11-19(16)26-24(29)25-17-13-14-22-20(15-17)27(4-2)23(28)18-10-6-8-12-21(18)30-22/h5-15H,3-4H2,1-2H3,(H2,25,26,29). The van der Waals surface area contributed by atoms with E-state index >= 15 is 0 Å². The molecule has 3 aromatic rings. The number of nitrogens with zero attached hydrogens (tertiary/aromatic N) is 1. The second kappa shape index (κ2) is 8.63. The first-order chi connectivity index (χ1) is 14.6. The number of fused-ring (bicyclic) bond motifs is 2. The first kappa shape index (κ1) is 20.0. The van der Waals surface area contributed by atoms with E-state index in [1.54, 1.807) is 16.7 Å². The van der Waals surface area contributed by atoms with Gasteiger partial charge in [-0.1, -0.05) is 49.0 Å². The highest BCUT2D eigenvalue weighted by Gasteiger charge is 2.26. The van der Waals surface area contributed by atoms with Crippen LogP contribution in [0.2, 0.25) is 0 Å². The molecule has 2 N–H and O–H groups in total. The molecule has 1 aliphatic rings. The molecule has 6 heteroatoms. The van der Waals surface area contributed by atoms with Gasteiger partial charge in [0.1, 0.15) is 0 Å². The van der Waals surface area contributed by atoms with E-state index in [0.717, 1.165) is 33.2 Å². The quantitative estimate of drug-likeness (QED) is 0.545. The second-order valence-corrected chi connectivity index (χ2v) is 8.00. The minimum atomic E-state index is -0.310. The molecule has 3 amide bonds. The van der Waals surface area contributed by atoms with Crippen LogP contribution >= 0.6 is 11.8 Å². The van der Waals surface area contributed by atoms with Crippen LogP contribution < -0.4 is 15.5 Å². The number of carbonyl (C=O) groups is 2. The molecular formula is C24H23N3O2S. The molecule has 0 aliphatic carbocycles. The Balaban J connectivity index is 1.60. The van der Waals surface area contributed by atoms with E-state index in [0.29, 0.717) is 17.8 Å². The predicted octanol–water partition coefficient (Wildman–Crippen LogP) is 6.02. The lowest BCUT2D eigenvalue weighted by Crippen LogP contribution is -2.30. The first-order valence-corrected chi connectivity index (χ1v) is 10.8. The van der Waals surface area contributed by atoms with Gasteiger partial charge in [0.2, 0.25) is 0 Å². The summed E-state index contributed by atoms with van der Waals surface area (Å²) in [4.78, 5) is 29.3. The maximum atomic E-state index is 13.1. The highest BCUT2D eigenvalue weighted by molar-refractivity contribution is 7.99. The zero-order valence-electron chi connectivity index (χ0n) is 16.9. The Morgan fingerprint density at radius 3 is 2.50 bits per heavy atom. The number of carbonyl (C=O) groups excluding carboxylic acids is 2. The third-order valence-corrected chi connectivity index (χ3v) is 6.19. The lowest BCUT2D eigenvalue weighted by atomic mass is 10.1. The van der Waals surface area contributed by atoms with Crippen molar-refractivity contribution < 1.29 is 9.59 Å². The molecule has 4 rings (SSSR count). The van der Waals surface area contributed by atoms with Gasteiger partial charge in [0, 0.05) is 27.7 Å². The van der Waals surface area contributed by atoms with Gasteiger partial charge in [-0.25, -0.2) is 4.79 Å². The molecule has 30 heavy (non-hydrogen) atoms. The highest BCUT2D eigenvalue weighted by Crippen LogP contribution is 2.42. The molecule has 0 bridgehead atoms. The monoisotopic (exact) mass is 417 g/mol. The molecule has 5 nitrogen and oxygen atoms in total. The van der Waals surface area contributed by atoms with E-state index in [2.05, 4.69) is 17.6 Å². The number of hydrogen-bond donors (Lipinski definition) is 2. The molecule has 152 valence electrons. The molecule has 0 saturated heterocycles. The van der Waals surface area contributed by atoms with Gasteiger partial charge in [-0.2, -0.15) is 0 Å². The summed E-state index contributed by atoms with van der Waals surface area (Å²) in [6, 6.07) is 20.8. The van der Waals surface area contributed by atoms with E-state index in [9.17, 15) is 9.59 Å². The molecule has 0 unspecified atom stereocenters. The number of benzene rings is 3. The summed E-state index contributed by atoms with van der Waals surface area (Å²) in [6.07, 6.45) is 0.834. The van der Waals surface area contributed by atoms with E-state index in [4.69, 9.17) is 0 Å². The van der Waals surface area contributed by atoms with E-state index in [-0.39, 0.29) is 11.9 Å². The lowest BCUT2D eigenvalue weighted by Gasteiger charge is -2.22. The molecule has 0 radical (unpaired) electrons. The fourth-order valence-corrected chi connectivity index (χ4v) is 4.61. The van der Waals surface area contributed by atoms with Crippen LogP contribution in [0.15, 0.2) is 76.5 Å². The van der Waals surface area contributed by atoms with E-state index in [1.165, 1.54) is 0 Å². The lowest BCUT2D eigenvalue weighted by molar-refractivity contribution is 0.0985. The van der Waals surface area contributed by atoms with Gasteiger partial charge in [-0.05, 0) is 55.3 Å². The molecule has 0 fully saturated rings. The SMILES string of the molecule is CCc1ccccc1NC(=O)Nc1ccc2c(c1)N(CC)C(=O)c1ccccc1S2. The first-order valence-electron chi connectivity index (χ1n) is 9.99. The number of rotatable bonds is 4. The van der Waals surface area contributed by atoms with Crippen LogP contribution in [0, 0.1) is 0 Å². The normalized spacial score (nSPS) is 12.6. The Bertz CT molecular complexity index is 1110. The van der Waals surface area contributed by atoms with Gasteiger partial charge < -0.3 is 15.5 Å². The molecule has 0 aromatic heterocycles. The largest absolute Gasteiger partial charge is 0.323 e. The Kier molecular flexibility index (Phi) is 5.77. The predicted molar refractivity (Wildman–Crippen MR) is 123 cm³/mol. The summed E-state index contributed by atoms with van der Waals surface area (Å²) in [7, 11) is 0. The summed E-state index contributed by atoms with van der Waals surface area (Å²) in [5.41, 5.74) is 4.01. The van der Waals surface area contributed by atoms with Gasteiger partial charge in [0.25, 0.3) is 5.91 Å². The van der Waals surface area contributed by atoms with Gasteiger partial charge in [-0.3, -0.25) is 4.79 Å². The van der Waals surface area contributed by atoms with Gasteiger partial charge >= 0.3 is 6.03 Å². The summed E-state index contributed by atoms with van der Waals surface area (Å²) in [5.74, 6) is -0.0298. The van der Waals surface area contributed by atoms with Crippen LogP contribution in [0.1, 0.15) is 29.8 Å². The molecule has 1 heterocycles. The van der Waals surface area contributed by atoms with Crippen LogP contribution in [0.4, 0.5) is 21.9 Å². The van der Waals surface area contributed by atoms with Crippen LogP contribution in [-0.2, 0) is 6.42 Å². The maximum Gasteiger partial charge on any atom is 0.323 e. The molecule has 1 aliphatic heterocycles. The van der Waals surface area contributed by atoms with Crippen molar-refractivity contribution in [3.8, 4) is 0 Å². The third-order valence-electron chi connectivity index (χ3n) is 5.05. The number of nitrogens with one attached hydrogen (secondary N) is 2. The van der Waals surface area contributed by atoms with Gasteiger partial charge in [0.15, 0.2) is 0 Å². The number of urea groups is 1. The van der Waals surface area contributed by atoms with Crippen molar-refractivity contribution in [3.05, 3.63) is 77.9 Å². The Morgan fingerprint density at radius 1 is 0.933 bits per heavy atom. The Labute approximate surface area is 180 Å². The molecule has 0 spiro atoms. The van der Waals surface area contributed by atoms with Crippen molar-refractivity contribution in [1.29, 1.82) is 0 Å². The topological polar surface area (TPSA) is 61.4 Å². The summed E-state index contributed by atoms with van der Waals surface area (Å²) < 4.78 is 0. The summed E-state index contributed by atoms with van der Waals surface area (Å²) in [6.45, 7) is 4.55. The van der Waals surface area contributed by atoms with Crippen LogP contribution in [0.25, 0.3) is 0 Å². The Morgan fingerprint density at radius 2 is 1.70 bits per heavy atom. The van der Waals surface area contributed by atoms with Crippen LogP contribution in [0.3, 0.4) is 0 Å². The second-order valence-electron chi connectivity index (χ2n) is 6.92. The molecule has 0 saturated carbocycles. The fourth-order valence-electron chi connectivity index (χ4n) is 3.55. The number of para-hydroxylation sites is 1. The molecule has 3 aromatic carbocycles. The maximum absolute atomic E-state index is 13.1. The number of hydrogen-bond acceptors (Lipinski definition) is 3. The van der Waals surface area contributed by atoms with Crippen molar-refractivity contribution in [3.63, 3.8) is 0 Å².